The van der Waals surface area contributed by atoms with E-state index in [1.165, 1.54) is 12.1 Å². The van der Waals surface area contributed by atoms with Gasteiger partial charge in [0.1, 0.15) is 11.6 Å². The molecule has 27 heavy (non-hydrogen) atoms. The first-order chi connectivity index (χ1) is 13.1. The Morgan fingerprint density at radius 3 is 2.19 bits per heavy atom. The highest BCUT2D eigenvalue weighted by molar-refractivity contribution is 5.76. The number of hydrogen-bond acceptors (Lipinski definition) is 3. The van der Waals surface area contributed by atoms with E-state index in [4.69, 9.17) is 4.74 Å². The molecule has 0 atom stereocenters. The highest BCUT2D eigenvalue weighted by Crippen LogP contribution is 2.45. The molecule has 0 bridgehead atoms. The van der Waals surface area contributed by atoms with Crippen molar-refractivity contribution in [1.29, 1.82) is 0 Å². The first-order valence-electron chi connectivity index (χ1n) is 9.32. The number of methoxy groups -OCH3 is 1. The molecule has 6 heteroatoms. The summed E-state index contributed by atoms with van der Waals surface area (Å²) in [6, 6.07) is 14.4. The smallest absolute Gasteiger partial charge is 0.318 e. The number of benzene rings is 2. The van der Waals surface area contributed by atoms with Crippen molar-refractivity contribution in [3.63, 3.8) is 0 Å². The summed E-state index contributed by atoms with van der Waals surface area (Å²) in [7, 11) is 1.66. The minimum atomic E-state index is -0.322. The molecular formula is C21H24FN3O2. The van der Waals surface area contributed by atoms with Crippen molar-refractivity contribution in [2.75, 3.05) is 38.2 Å². The highest BCUT2D eigenvalue weighted by Gasteiger charge is 2.46. The third-order valence-corrected chi connectivity index (χ3v) is 5.50. The highest BCUT2D eigenvalue weighted by atomic mass is 19.1. The van der Waals surface area contributed by atoms with Crippen molar-refractivity contribution in [3.05, 3.63) is 59.9 Å². The number of halogens is 1. The molecule has 0 spiro atoms. The van der Waals surface area contributed by atoms with Crippen molar-refractivity contribution in [2.24, 2.45) is 0 Å². The third-order valence-electron chi connectivity index (χ3n) is 5.50. The van der Waals surface area contributed by atoms with Gasteiger partial charge < -0.3 is 19.9 Å². The average molecular weight is 369 g/mol. The Morgan fingerprint density at radius 1 is 1.00 bits per heavy atom. The van der Waals surface area contributed by atoms with Crippen LogP contribution in [-0.2, 0) is 5.54 Å². The third kappa shape index (κ3) is 3.70. The Morgan fingerprint density at radius 2 is 1.63 bits per heavy atom. The summed E-state index contributed by atoms with van der Waals surface area (Å²) < 4.78 is 18.4. The molecule has 1 N–H and O–H groups in total. The van der Waals surface area contributed by atoms with Crippen LogP contribution in [-0.4, -0.2) is 44.2 Å². The molecule has 1 aliphatic carbocycles. The zero-order valence-electron chi connectivity index (χ0n) is 15.5. The lowest BCUT2D eigenvalue weighted by Gasteiger charge is -2.37. The van der Waals surface area contributed by atoms with Gasteiger partial charge in [-0.15, -0.1) is 0 Å². The monoisotopic (exact) mass is 369 g/mol. The number of rotatable bonds is 4. The van der Waals surface area contributed by atoms with E-state index in [1.54, 1.807) is 19.2 Å². The molecule has 1 aliphatic heterocycles. The van der Waals surface area contributed by atoms with Crippen molar-refractivity contribution < 1.29 is 13.9 Å². The number of carbonyl (C=O) groups excluding carboxylic acids is 1. The van der Waals surface area contributed by atoms with Crippen LogP contribution in [0.2, 0.25) is 0 Å². The van der Waals surface area contributed by atoms with Crippen LogP contribution in [0, 0.1) is 5.82 Å². The predicted molar refractivity (Wildman–Crippen MR) is 103 cm³/mol. The molecule has 5 nitrogen and oxygen atoms in total. The Bertz CT molecular complexity index is 795. The molecule has 142 valence electrons. The number of nitrogens with zero attached hydrogens (tertiary/aromatic N) is 2. The van der Waals surface area contributed by atoms with Gasteiger partial charge in [-0.05, 0) is 54.8 Å². The molecule has 2 amide bonds. The Labute approximate surface area is 158 Å². The van der Waals surface area contributed by atoms with Gasteiger partial charge in [-0.2, -0.15) is 0 Å². The summed E-state index contributed by atoms with van der Waals surface area (Å²) >= 11 is 0. The van der Waals surface area contributed by atoms with E-state index in [1.807, 2.05) is 29.2 Å². The van der Waals surface area contributed by atoms with Gasteiger partial charge in [0.2, 0.25) is 0 Å². The molecule has 2 aromatic rings. The average Bonchev–Trinajstić information content (AvgIpc) is 3.49. The minimum Gasteiger partial charge on any atom is -0.497 e. The van der Waals surface area contributed by atoms with Gasteiger partial charge in [0.05, 0.1) is 12.6 Å². The molecule has 1 saturated carbocycles. The summed E-state index contributed by atoms with van der Waals surface area (Å²) in [5.74, 6) is 0.586. The first-order valence-corrected chi connectivity index (χ1v) is 9.32. The Kier molecular flexibility index (Phi) is 4.64. The lowest BCUT2D eigenvalue weighted by Crippen LogP contribution is -2.53. The fourth-order valence-corrected chi connectivity index (χ4v) is 3.62. The van der Waals surface area contributed by atoms with Crippen molar-refractivity contribution in [3.8, 4) is 5.75 Å². The molecule has 0 unspecified atom stereocenters. The lowest BCUT2D eigenvalue weighted by atomic mass is 10.1. The van der Waals surface area contributed by atoms with E-state index in [0.29, 0.717) is 13.1 Å². The lowest BCUT2D eigenvalue weighted by molar-refractivity contribution is 0.189. The second-order valence-corrected chi connectivity index (χ2v) is 7.19. The summed E-state index contributed by atoms with van der Waals surface area (Å²) in [6.07, 6.45) is 1.80. The van der Waals surface area contributed by atoms with E-state index in [2.05, 4.69) is 10.2 Å². The molecule has 2 aromatic carbocycles. The first kappa shape index (κ1) is 17.6. The molecule has 0 aromatic heterocycles. The summed E-state index contributed by atoms with van der Waals surface area (Å²) in [6.45, 7) is 2.95. The Hall–Kier alpha value is -2.76. The van der Waals surface area contributed by atoms with Gasteiger partial charge in [-0.3, -0.25) is 0 Å². The standard InChI is InChI=1S/C21H24FN3O2/c1-27-19-8-6-18(7-9-19)24-12-14-25(15-13-24)20(26)23-21(10-11-21)16-2-4-17(22)5-3-16/h2-9H,10-15H2,1H3,(H,23,26). The van der Waals surface area contributed by atoms with Gasteiger partial charge in [0.15, 0.2) is 0 Å². The van der Waals surface area contributed by atoms with Crippen molar-refractivity contribution >= 4 is 11.7 Å². The SMILES string of the molecule is COc1ccc(N2CCN(C(=O)NC3(c4ccc(F)cc4)CC3)CC2)cc1. The topological polar surface area (TPSA) is 44.8 Å². The zero-order valence-corrected chi connectivity index (χ0v) is 15.5. The van der Waals surface area contributed by atoms with Crippen LogP contribution < -0.4 is 15.0 Å². The van der Waals surface area contributed by atoms with Crippen LogP contribution in [0.1, 0.15) is 18.4 Å². The largest absolute Gasteiger partial charge is 0.497 e. The van der Waals surface area contributed by atoms with E-state index in [9.17, 15) is 9.18 Å². The van der Waals surface area contributed by atoms with Gasteiger partial charge in [0, 0.05) is 31.9 Å². The predicted octanol–water partition coefficient (Wildman–Crippen LogP) is 3.36. The maximum absolute atomic E-state index is 13.2. The molecule has 0 radical (unpaired) electrons. The van der Waals surface area contributed by atoms with Crippen LogP contribution >= 0.6 is 0 Å². The fraction of sp³-hybridized carbons (Fsp3) is 0.381. The van der Waals surface area contributed by atoms with Crippen LogP contribution in [0.4, 0.5) is 14.9 Å². The van der Waals surface area contributed by atoms with E-state index >= 15 is 0 Å². The maximum atomic E-state index is 13.2. The molecule has 2 fully saturated rings. The van der Waals surface area contributed by atoms with Gasteiger partial charge in [-0.25, -0.2) is 9.18 Å². The number of nitrogens with one attached hydrogen (secondary N) is 1. The molecular weight excluding hydrogens is 345 g/mol. The maximum Gasteiger partial charge on any atom is 0.318 e. The number of ether oxygens (including phenoxy) is 1. The second-order valence-electron chi connectivity index (χ2n) is 7.19. The van der Waals surface area contributed by atoms with Crippen molar-refractivity contribution in [1.82, 2.24) is 10.2 Å². The van der Waals surface area contributed by atoms with Crippen LogP contribution in [0.25, 0.3) is 0 Å². The molecule has 2 aliphatic rings. The van der Waals surface area contributed by atoms with Crippen LogP contribution in [0.15, 0.2) is 48.5 Å². The van der Waals surface area contributed by atoms with E-state index in [-0.39, 0.29) is 17.4 Å². The molecule has 1 heterocycles. The summed E-state index contributed by atoms with van der Waals surface area (Å²) in [5.41, 5.74) is 1.80. The van der Waals surface area contributed by atoms with Gasteiger partial charge in [-0.1, -0.05) is 12.1 Å². The van der Waals surface area contributed by atoms with Crippen LogP contribution in [0.5, 0.6) is 5.75 Å². The number of urea groups is 1. The molecule has 4 rings (SSSR count). The molecule has 1 saturated heterocycles. The number of hydrogen-bond donors (Lipinski definition) is 1. The van der Waals surface area contributed by atoms with Crippen molar-refractivity contribution in [2.45, 2.75) is 18.4 Å². The van der Waals surface area contributed by atoms with Gasteiger partial charge in [0.25, 0.3) is 0 Å². The quantitative estimate of drug-likeness (QED) is 0.899. The summed E-state index contributed by atoms with van der Waals surface area (Å²) in [4.78, 5) is 16.9. The summed E-state index contributed by atoms with van der Waals surface area (Å²) in [5, 5.41) is 3.17. The number of amides is 2. The van der Waals surface area contributed by atoms with Gasteiger partial charge >= 0.3 is 6.03 Å². The zero-order chi connectivity index (χ0) is 18.9. The number of carbonyl (C=O) groups is 1. The minimum absolute atomic E-state index is 0.0359. The Balaban J connectivity index is 1.34. The van der Waals surface area contributed by atoms with E-state index < -0.39 is 0 Å². The van der Waals surface area contributed by atoms with E-state index in [0.717, 1.165) is 42.9 Å². The number of piperazine rings is 1. The fourth-order valence-electron chi connectivity index (χ4n) is 3.62. The normalized spacial score (nSPS) is 18.1. The second kappa shape index (κ2) is 7.10. The van der Waals surface area contributed by atoms with Crippen LogP contribution in [0.3, 0.4) is 0 Å². The number of anilines is 1.